The minimum atomic E-state index is -0.799. The molecule has 4 nitrogen and oxygen atoms in total. The molecule has 21 heavy (non-hydrogen) atoms. The SMILES string of the molecule is CC(C)(CCNC(=O)C12CC3CC(CC(C3)C1)C2)C(=O)O. The number of nitrogens with one attached hydrogen (secondary N) is 1. The van der Waals surface area contributed by atoms with Crippen LogP contribution in [0.15, 0.2) is 0 Å². The van der Waals surface area contributed by atoms with Gasteiger partial charge in [0.15, 0.2) is 0 Å². The second-order valence-electron chi connectivity index (χ2n) is 8.39. The fraction of sp³-hybridized carbons (Fsp3) is 0.882. The summed E-state index contributed by atoms with van der Waals surface area (Å²) in [6.07, 6.45) is 7.67. The van der Waals surface area contributed by atoms with E-state index in [0.29, 0.717) is 13.0 Å². The van der Waals surface area contributed by atoms with Gasteiger partial charge in [-0.25, -0.2) is 0 Å². The van der Waals surface area contributed by atoms with Gasteiger partial charge in [-0.1, -0.05) is 0 Å². The molecule has 0 spiro atoms. The van der Waals surface area contributed by atoms with Crippen LogP contribution in [0.5, 0.6) is 0 Å². The maximum absolute atomic E-state index is 12.7. The Morgan fingerprint density at radius 3 is 2.00 bits per heavy atom. The zero-order valence-corrected chi connectivity index (χ0v) is 13.2. The third-order valence-corrected chi connectivity index (χ3v) is 6.13. The first kappa shape index (κ1) is 14.9. The molecule has 118 valence electrons. The van der Waals surface area contributed by atoms with E-state index >= 15 is 0 Å². The molecule has 0 atom stereocenters. The summed E-state index contributed by atoms with van der Waals surface area (Å²) in [6, 6.07) is 0. The van der Waals surface area contributed by atoms with Crippen molar-refractivity contribution < 1.29 is 14.7 Å². The third-order valence-electron chi connectivity index (χ3n) is 6.13. The van der Waals surface area contributed by atoms with Gasteiger partial charge in [0.2, 0.25) is 5.91 Å². The van der Waals surface area contributed by atoms with Crippen LogP contribution < -0.4 is 5.32 Å². The van der Waals surface area contributed by atoms with Crippen LogP contribution in [0.25, 0.3) is 0 Å². The van der Waals surface area contributed by atoms with E-state index in [-0.39, 0.29) is 11.3 Å². The molecule has 0 aromatic carbocycles. The molecule has 1 amide bonds. The average molecular weight is 293 g/mol. The number of amides is 1. The molecule has 0 heterocycles. The Balaban J connectivity index is 1.57. The van der Waals surface area contributed by atoms with Crippen LogP contribution in [0.3, 0.4) is 0 Å². The molecule has 4 aliphatic rings. The highest BCUT2D eigenvalue weighted by atomic mass is 16.4. The van der Waals surface area contributed by atoms with E-state index in [4.69, 9.17) is 5.11 Å². The van der Waals surface area contributed by atoms with E-state index in [0.717, 1.165) is 37.0 Å². The summed E-state index contributed by atoms with van der Waals surface area (Å²) in [4.78, 5) is 23.8. The number of aliphatic carboxylic acids is 1. The van der Waals surface area contributed by atoms with E-state index in [2.05, 4.69) is 5.32 Å². The van der Waals surface area contributed by atoms with Gasteiger partial charge in [-0.05, 0) is 76.5 Å². The van der Waals surface area contributed by atoms with E-state index in [9.17, 15) is 9.59 Å². The van der Waals surface area contributed by atoms with Crippen molar-refractivity contribution in [3.8, 4) is 0 Å². The zero-order chi connectivity index (χ0) is 15.3. The van der Waals surface area contributed by atoms with Crippen molar-refractivity contribution in [3.05, 3.63) is 0 Å². The Morgan fingerprint density at radius 2 is 1.57 bits per heavy atom. The fourth-order valence-electron chi connectivity index (χ4n) is 5.17. The van der Waals surface area contributed by atoms with Gasteiger partial charge in [0.05, 0.1) is 5.41 Å². The Labute approximate surface area is 126 Å². The summed E-state index contributed by atoms with van der Waals surface area (Å²) < 4.78 is 0. The predicted octanol–water partition coefficient (Wildman–Crippen LogP) is 2.82. The molecule has 0 radical (unpaired) electrons. The topological polar surface area (TPSA) is 66.4 Å². The lowest BCUT2D eigenvalue weighted by molar-refractivity contribution is -0.149. The quantitative estimate of drug-likeness (QED) is 0.819. The third kappa shape index (κ3) is 2.69. The first-order chi connectivity index (χ1) is 9.81. The standard InChI is InChI=1S/C17H27NO3/c1-16(2,15(20)21)3-4-18-14(19)17-8-11-5-12(9-17)7-13(6-11)10-17/h11-13H,3-10H2,1-2H3,(H,18,19)(H,20,21). The lowest BCUT2D eigenvalue weighted by Crippen LogP contribution is -2.53. The summed E-state index contributed by atoms with van der Waals surface area (Å²) in [6.45, 7) is 3.90. The van der Waals surface area contributed by atoms with E-state index < -0.39 is 11.4 Å². The highest BCUT2D eigenvalue weighted by molar-refractivity contribution is 5.83. The Hall–Kier alpha value is -1.06. The maximum atomic E-state index is 12.7. The van der Waals surface area contributed by atoms with Crippen molar-refractivity contribution in [2.45, 2.75) is 58.8 Å². The van der Waals surface area contributed by atoms with Gasteiger partial charge in [0, 0.05) is 12.0 Å². The van der Waals surface area contributed by atoms with Gasteiger partial charge in [0.25, 0.3) is 0 Å². The summed E-state index contributed by atoms with van der Waals surface area (Å²) in [7, 11) is 0. The lowest BCUT2D eigenvalue weighted by atomic mass is 9.49. The van der Waals surface area contributed by atoms with Gasteiger partial charge in [0.1, 0.15) is 0 Å². The summed E-state index contributed by atoms with van der Waals surface area (Å²) in [5.41, 5.74) is -0.892. The van der Waals surface area contributed by atoms with Gasteiger partial charge in [-0.15, -0.1) is 0 Å². The summed E-state index contributed by atoms with van der Waals surface area (Å²) in [5.74, 6) is 1.68. The Kier molecular flexibility index (Phi) is 3.53. The molecule has 4 rings (SSSR count). The fourth-order valence-corrected chi connectivity index (χ4v) is 5.17. The predicted molar refractivity (Wildman–Crippen MR) is 79.6 cm³/mol. The first-order valence-electron chi connectivity index (χ1n) is 8.32. The first-order valence-corrected chi connectivity index (χ1v) is 8.32. The maximum Gasteiger partial charge on any atom is 0.309 e. The van der Waals surface area contributed by atoms with Crippen LogP contribution in [0.2, 0.25) is 0 Å². The Morgan fingerprint density at radius 1 is 1.10 bits per heavy atom. The molecule has 4 bridgehead atoms. The number of hydrogen-bond acceptors (Lipinski definition) is 2. The van der Waals surface area contributed by atoms with Crippen molar-refractivity contribution in [2.24, 2.45) is 28.6 Å². The van der Waals surface area contributed by atoms with Crippen LogP contribution >= 0.6 is 0 Å². The minimum Gasteiger partial charge on any atom is -0.481 e. The molecule has 0 unspecified atom stereocenters. The van der Waals surface area contributed by atoms with Crippen LogP contribution in [0.1, 0.15) is 58.8 Å². The van der Waals surface area contributed by atoms with E-state index in [1.807, 2.05) is 0 Å². The van der Waals surface area contributed by atoms with Crippen LogP contribution in [-0.2, 0) is 9.59 Å². The van der Waals surface area contributed by atoms with Crippen molar-refractivity contribution >= 4 is 11.9 Å². The summed E-state index contributed by atoms with van der Waals surface area (Å²) in [5, 5.41) is 12.2. The molecule has 4 saturated carbocycles. The molecule has 4 fully saturated rings. The van der Waals surface area contributed by atoms with E-state index in [1.165, 1.54) is 19.3 Å². The number of carbonyl (C=O) groups is 2. The monoisotopic (exact) mass is 293 g/mol. The van der Waals surface area contributed by atoms with Gasteiger partial charge >= 0.3 is 5.97 Å². The number of carboxylic acid groups (broad SMARTS) is 1. The molecule has 4 aliphatic carbocycles. The van der Waals surface area contributed by atoms with Crippen molar-refractivity contribution in [1.29, 1.82) is 0 Å². The number of rotatable bonds is 5. The highest BCUT2D eigenvalue weighted by Gasteiger charge is 2.54. The molecule has 0 aromatic heterocycles. The second kappa shape index (κ2) is 4.99. The van der Waals surface area contributed by atoms with Crippen molar-refractivity contribution in [2.75, 3.05) is 6.54 Å². The molecule has 0 saturated heterocycles. The van der Waals surface area contributed by atoms with Crippen molar-refractivity contribution in [1.82, 2.24) is 5.32 Å². The minimum absolute atomic E-state index is 0.123. The average Bonchev–Trinajstić information content (AvgIpc) is 2.36. The van der Waals surface area contributed by atoms with Crippen LogP contribution in [0.4, 0.5) is 0 Å². The molecule has 0 aromatic rings. The van der Waals surface area contributed by atoms with Crippen molar-refractivity contribution in [3.63, 3.8) is 0 Å². The molecule has 2 N–H and O–H groups in total. The largest absolute Gasteiger partial charge is 0.481 e. The number of hydrogen-bond donors (Lipinski definition) is 2. The van der Waals surface area contributed by atoms with Crippen LogP contribution in [-0.4, -0.2) is 23.5 Å². The summed E-state index contributed by atoms with van der Waals surface area (Å²) >= 11 is 0. The number of carbonyl (C=O) groups excluding carboxylic acids is 1. The molecular weight excluding hydrogens is 266 g/mol. The zero-order valence-electron chi connectivity index (χ0n) is 13.2. The molecule has 4 heteroatoms. The van der Waals surface area contributed by atoms with Crippen LogP contribution in [0, 0.1) is 28.6 Å². The second-order valence-corrected chi connectivity index (χ2v) is 8.39. The van der Waals surface area contributed by atoms with E-state index in [1.54, 1.807) is 13.8 Å². The smallest absolute Gasteiger partial charge is 0.309 e. The molecular formula is C17H27NO3. The normalized spacial score (nSPS) is 37.5. The highest BCUT2D eigenvalue weighted by Crippen LogP contribution is 2.60. The van der Waals surface area contributed by atoms with Gasteiger partial charge in [-0.3, -0.25) is 9.59 Å². The Bertz CT molecular complexity index is 420. The number of carboxylic acids is 1. The van der Waals surface area contributed by atoms with Gasteiger partial charge in [-0.2, -0.15) is 0 Å². The van der Waals surface area contributed by atoms with Gasteiger partial charge < -0.3 is 10.4 Å². The molecule has 0 aliphatic heterocycles. The lowest BCUT2D eigenvalue weighted by Gasteiger charge is -2.55.